The van der Waals surface area contributed by atoms with Crippen LogP contribution in [0.15, 0.2) is 24.7 Å². The van der Waals surface area contributed by atoms with E-state index in [9.17, 15) is 13.2 Å². The lowest BCUT2D eigenvalue weighted by molar-refractivity contribution is 0.0547. The number of hydrogen-bond acceptors (Lipinski definition) is 9. The number of aliphatic hydroxyl groups excluding tert-OH is 1. The minimum atomic E-state index is -3.57. The van der Waals surface area contributed by atoms with E-state index >= 15 is 0 Å². The van der Waals surface area contributed by atoms with Crippen LogP contribution in [0.4, 0.5) is 5.69 Å². The monoisotopic (exact) mass is 560 g/mol. The number of Topliss-reactive ketones (excluding diaryl/α,β-unsaturated/α-hetero) is 1. The van der Waals surface area contributed by atoms with Gasteiger partial charge in [0.1, 0.15) is 10.7 Å². The van der Waals surface area contributed by atoms with Crippen LogP contribution in [0.25, 0.3) is 21.6 Å². The SMILES string of the molecule is O=C(c1cnc(-c2cnc3[nH]ccc3c2NC2C[C@@H]3CN(S(=O)(=O)NCCO)C[C@@H]3C2)s1)C1CCOCC1. The van der Waals surface area contributed by atoms with Crippen molar-refractivity contribution in [1.82, 2.24) is 24.0 Å². The van der Waals surface area contributed by atoms with E-state index in [4.69, 9.17) is 9.84 Å². The van der Waals surface area contributed by atoms with Crippen LogP contribution in [0.2, 0.25) is 0 Å². The molecular formula is C25H32N6O5S2. The molecule has 0 aromatic carbocycles. The Hall–Kier alpha value is -2.42. The normalized spacial score (nSPS) is 24.7. The lowest BCUT2D eigenvalue weighted by atomic mass is 9.95. The molecule has 204 valence electrons. The third-order valence-corrected chi connectivity index (χ3v) is 10.6. The first kappa shape index (κ1) is 25.8. The van der Waals surface area contributed by atoms with Crippen molar-refractivity contribution < 1.29 is 23.1 Å². The van der Waals surface area contributed by atoms with Crippen molar-refractivity contribution in [2.75, 3.05) is 44.8 Å². The molecule has 0 spiro atoms. The Bertz CT molecular complexity index is 1400. The zero-order valence-electron chi connectivity index (χ0n) is 20.9. The Morgan fingerprint density at radius 3 is 2.68 bits per heavy atom. The maximum atomic E-state index is 13.1. The van der Waals surface area contributed by atoms with Crippen molar-refractivity contribution in [3.05, 3.63) is 29.5 Å². The fraction of sp³-hybridized carbons (Fsp3) is 0.560. The topological polar surface area (TPSA) is 150 Å². The molecule has 3 atom stereocenters. The van der Waals surface area contributed by atoms with Gasteiger partial charge in [-0.2, -0.15) is 17.4 Å². The van der Waals surface area contributed by atoms with Gasteiger partial charge in [0, 0.05) is 68.8 Å². The summed E-state index contributed by atoms with van der Waals surface area (Å²) in [5.74, 6) is 0.668. The molecule has 5 heterocycles. The molecule has 4 N–H and O–H groups in total. The van der Waals surface area contributed by atoms with Crippen LogP contribution in [0, 0.1) is 17.8 Å². The predicted octanol–water partition coefficient (Wildman–Crippen LogP) is 2.24. The van der Waals surface area contributed by atoms with Crippen LogP contribution in [0.1, 0.15) is 35.4 Å². The first-order valence-corrected chi connectivity index (χ1v) is 15.3. The molecule has 3 aromatic rings. The molecule has 6 rings (SSSR count). The summed E-state index contributed by atoms with van der Waals surface area (Å²) < 4.78 is 34.4. The van der Waals surface area contributed by atoms with Crippen molar-refractivity contribution in [2.45, 2.75) is 31.7 Å². The molecule has 13 heteroatoms. The van der Waals surface area contributed by atoms with Gasteiger partial charge >= 0.3 is 0 Å². The molecule has 11 nitrogen and oxygen atoms in total. The molecule has 0 amide bonds. The summed E-state index contributed by atoms with van der Waals surface area (Å²) in [5.41, 5.74) is 2.58. The molecule has 0 bridgehead atoms. The minimum Gasteiger partial charge on any atom is -0.395 e. The van der Waals surface area contributed by atoms with Gasteiger partial charge in [-0.1, -0.05) is 0 Å². The third kappa shape index (κ3) is 4.98. The molecule has 3 aromatic heterocycles. The van der Waals surface area contributed by atoms with Gasteiger partial charge in [-0.3, -0.25) is 4.79 Å². The Morgan fingerprint density at radius 2 is 1.95 bits per heavy atom. The van der Waals surface area contributed by atoms with E-state index < -0.39 is 10.2 Å². The molecule has 3 aliphatic rings. The summed E-state index contributed by atoms with van der Waals surface area (Å²) in [6.07, 6.45) is 8.56. The number of H-pyrrole nitrogens is 1. The highest BCUT2D eigenvalue weighted by molar-refractivity contribution is 7.87. The fourth-order valence-corrected chi connectivity index (χ4v) is 8.30. The van der Waals surface area contributed by atoms with E-state index in [1.165, 1.54) is 15.6 Å². The number of anilines is 1. The third-order valence-electron chi connectivity index (χ3n) is 7.96. The largest absolute Gasteiger partial charge is 0.395 e. The molecular weight excluding hydrogens is 528 g/mol. The van der Waals surface area contributed by atoms with E-state index in [0.29, 0.717) is 31.2 Å². The van der Waals surface area contributed by atoms with Gasteiger partial charge in [0.2, 0.25) is 0 Å². The standard InChI is InChI=1S/C25H32N6O5S2/c32-6-5-29-38(34,35)31-13-16-9-18(10-17(16)14-31)30-22-19-1-4-26-24(19)27-11-20(22)25-28-12-21(37-25)23(33)15-2-7-36-8-3-15/h1,4,11-12,15-18,29,32H,2-3,5-10,13-14H2,(H2,26,27,30)/t16-,17+,18?. The number of aliphatic hydroxyl groups is 1. The van der Waals surface area contributed by atoms with Gasteiger partial charge in [-0.15, -0.1) is 11.3 Å². The number of ketones is 1. The van der Waals surface area contributed by atoms with Crippen LogP contribution in [-0.2, 0) is 14.9 Å². The Morgan fingerprint density at radius 1 is 1.18 bits per heavy atom. The number of nitrogens with one attached hydrogen (secondary N) is 3. The first-order valence-electron chi connectivity index (χ1n) is 13.1. The Labute approximate surface area is 225 Å². The van der Waals surface area contributed by atoms with Crippen molar-refractivity contribution in [1.29, 1.82) is 0 Å². The highest BCUT2D eigenvalue weighted by atomic mass is 32.2. The summed E-state index contributed by atoms with van der Waals surface area (Å²) in [6.45, 7) is 2.01. The van der Waals surface area contributed by atoms with E-state index in [0.717, 1.165) is 53.0 Å². The predicted molar refractivity (Wildman–Crippen MR) is 144 cm³/mol. The number of rotatable bonds is 9. The summed E-state index contributed by atoms with van der Waals surface area (Å²) >= 11 is 1.41. The average Bonchev–Trinajstić information content (AvgIpc) is 3.71. The van der Waals surface area contributed by atoms with E-state index in [-0.39, 0.29) is 42.7 Å². The van der Waals surface area contributed by atoms with Gasteiger partial charge in [0.15, 0.2) is 5.78 Å². The number of pyridine rings is 1. The Kier molecular flexibility index (Phi) is 7.22. The molecule has 2 aliphatic heterocycles. The van der Waals surface area contributed by atoms with Crippen LogP contribution in [0.5, 0.6) is 0 Å². The number of thiazole rings is 1. The number of carbonyl (C=O) groups is 1. The first-order chi connectivity index (χ1) is 18.4. The summed E-state index contributed by atoms with van der Waals surface area (Å²) in [4.78, 5) is 26.1. The number of nitrogens with zero attached hydrogens (tertiary/aromatic N) is 3. The van der Waals surface area contributed by atoms with Crippen LogP contribution in [0.3, 0.4) is 0 Å². The molecule has 0 radical (unpaired) electrons. The molecule has 3 fully saturated rings. The smallest absolute Gasteiger partial charge is 0.279 e. The maximum absolute atomic E-state index is 13.1. The van der Waals surface area contributed by atoms with E-state index in [2.05, 4.69) is 25.0 Å². The van der Waals surface area contributed by atoms with E-state index in [1.807, 2.05) is 12.3 Å². The number of aromatic amines is 1. The van der Waals surface area contributed by atoms with Gasteiger partial charge in [0.25, 0.3) is 10.2 Å². The van der Waals surface area contributed by atoms with Gasteiger partial charge in [0.05, 0.1) is 22.7 Å². The number of ether oxygens (including phenoxy) is 1. The molecule has 38 heavy (non-hydrogen) atoms. The van der Waals surface area contributed by atoms with Crippen LogP contribution in [-0.4, -0.2) is 84.1 Å². The summed E-state index contributed by atoms with van der Waals surface area (Å²) in [5, 5.41) is 14.4. The quantitative estimate of drug-likeness (QED) is 0.291. The van der Waals surface area contributed by atoms with Gasteiger partial charge in [-0.25, -0.2) is 9.97 Å². The fourth-order valence-electron chi connectivity index (χ4n) is 6.04. The maximum Gasteiger partial charge on any atom is 0.279 e. The van der Waals surface area contributed by atoms with Crippen molar-refractivity contribution in [3.63, 3.8) is 0 Å². The number of hydrogen-bond donors (Lipinski definition) is 4. The van der Waals surface area contributed by atoms with Gasteiger partial charge < -0.3 is 20.1 Å². The average molecular weight is 561 g/mol. The second-order valence-corrected chi connectivity index (χ2v) is 13.1. The zero-order valence-corrected chi connectivity index (χ0v) is 22.6. The molecule has 1 saturated carbocycles. The highest BCUT2D eigenvalue weighted by Crippen LogP contribution is 2.43. The zero-order chi connectivity index (χ0) is 26.3. The van der Waals surface area contributed by atoms with Crippen molar-refractivity contribution in [2.24, 2.45) is 17.8 Å². The van der Waals surface area contributed by atoms with Gasteiger partial charge in [-0.05, 0) is 43.6 Å². The van der Waals surface area contributed by atoms with Crippen LogP contribution >= 0.6 is 11.3 Å². The number of aromatic nitrogens is 3. The summed E-state index contributed by atoms with van der Waals surface area (Å²) in [6, 6.07) is 2.18. The second-order valence-electron chi connectivity index (χ2n) is 10.3. The Balaban J connectivity index is 1.20. The highest BCUT2D eigenvalue weighted by Gasteiger charge is 2.44. The lowest BCUT2D eigenvalue weighted by Crippen LogP contribution is -2.41. The van der Waals surface area contributed by atoms with Crippen LogP contribution < -0.4 is 10.0 Å². The second kappa shape index (κ2) is 10.6. The number of carbonyl (C=O) groups excluding carboxylic acids is 1. The minimum absolute atomic E-state index is 0.0138. The molecule has 1 unspecified atom stereocenters. The van der Waals surface area contributed by atoms with Crippen molar-refractivity contribution >= 4 is 44.1 Å². The van der Waals surface area contributed by atoms with E-state index in [1.54, 1.807) is 12.4 Å². The molecule has 1 aliphatic carbocycles. The van der Waals surface area contributed by atoms with Crippen molar-refractivity contribution in [3.8, 4) is 10.6 Å². The number of fused-ring (bicyclic) bond motifs is 2. The summed E-state index contributed by atoms with van der Waals surface area (Å²) in [7, 11) is -3.57. The molecule has 2 saturated heterocycles. The lowest BCUT2D eigenvalue weighted by Gasteiger charge is -2.21.